The SMILES string of the molecule is Cc1nc(C(=O)OCc2ccccc2)ccc1Br. The van der Waals surface area contributed by atoms with E-state index < -0.39 is 5.97 Å². The van der Waals surface area contributed by atoms with Gasteiger partial charge in [0, 0.05) is 4.47 Å². The molecule has 0 radical (unpaired) electrons. The van der Waals surface area contributed by atoms with E-state index in [1.165, 1.54) is 0 Å². The molecule has 1 aromatic carbocycles. The van der Waals surface area contributed by atoms with Gasteiger partial charge in [-0.05, 0) is 40.5 Å². The fraction of sp³-hybridized carbons (Fsp3) is 0.143. The fourth-order valence-corrected chi connectivity index (χ4v) is 1.68. The van der Waals surface area contributed by atoms with Gasteiger partial charge in [0.2, 0.25) is 0 Å². The van der Waals surface area contributed by atoms with Crippen molar-refractivity contribution in [2.75, 3.05) is 0 Å². The van der Waals surface area contributed by atoms with Crippen LogP contribution in [0.4, 0.5) is 0 Å². The number of ether oxygens (including phenoxy) is 1. The predicted octanol–water partition coefficient (Wildman–Crippen LogP) is 3.51. The highest BCUT2D eigenvalue weighted by molar-refractivity contribution is 9.10. The number of halogens is 1. The van der Waals surface area contributed by atoms with Gasteiger partial charge in [-0.3, -0.25) is 0 Å². The number of pyridine rings is 1. The van der Waals surface area contributed by atoms with Crippen LogP contribution in [0.3, 0.4) is 0 Å². The second-order valence-corrected chi connectivity index (χ2v) is 4.68. The Morgan fingerprint density at radius 1 is 1.22 bits per heavy atom. The summed E-state index contributed by atoms with van der Waals surface area (Å²) in [5.74, 6) is -0.408. The van der Waals surface area contributed by atoms with Gasteiger partial charge in [-0.25, -0.2) is 9.78 Å². The van der Waals surface area contributed by atoms with Crippen molar-refractivity contribution in [2.24, 2.45) is 0 Å². The summed E-state index contributed by atoms with van der Waals surface area (Å²) in [4.78, 5) is 15.9. The van der Waals surface area contributed by atoms with Crippen LogP contribution in [0.25, 0.3) is 0 Å². The smallest absolute Gasteiger partial charge is 0.357 e. The van der Waals surface area contributed by atoms with Crippen molar-refractivity contribution in [2.45, 2.75) is 13.5 Å². The van der Waals surface area contributed by atoms with Gasteiger partial charge in [0.05, 0.1) is 5.69 Å². The summed E-state index contributed by atoms with van der Waals surface area (Å²) in [5, 5.41) is 0. The molecule has 0 saturated carbocycles. The molecule has 0 aliphatic rings. The predicted molar refractivity (Wildman–Crippen MR) is 72.2 cm³/mol. The van der Waals surface area contributed by atoms with Crippen LogP contribution in [-0.4, -0.2) is 11.0 Å². The number of carbonyl (C=O) groups excluding carboxylic acids is 1. The van der Waals surface area contributed by atoms with E-state index in [2.05, 4.69) is 20.9 Å². The zero-order valence-corrected chi connectivity index (χ0v) is 11.5. The van der Waals surface area contributed by atoms with Crippen molar-refractivity contribution in [3.8, 4) is 0 Å². The molecule has 0 amide bonds. The zero-order valence-electron chi connectivity index (χ0n) is 9.89. The highest BCUT2D eigenvalue weighted by Gasteiger charge is 2.10. The first kappa shape index (κ1) is 12.8. The number of hydrogen-bond donors (Lipinski definition) is 0. The van der Waals surface area contributed by atoms with Crippen molar-refractivity contribution in [3.05, 3.63) is 63.9 Å². The summed E-state index contributed by atoms with van der Waals surface area (Å²) in [7, 11) is 0. The number of benzene rings is 1. The molecule has 92 valence electrons. The molecule has 1 heterocycles. The minimum Gasteiger partial charge on any atom is -0.456 e. The molecule has 4 heteroatoms. The average Bonchev–Trinajstić information content (AvgIpc) is 2.40. The van der Waals surface area contributed by atoms with Gasteiger partial charge in [-0.2, -0.15) is 0 Å². The van der Waals surface area contributed by atoms with E-state index in [-0.39, 0.29) is 6.61 Å². The molecule has 0 aliphatic carbocycles. The van der Waals surface area contributed by atoms with Gasteiger partial charge in [0.25, 0.3) is 0 Å². The maximum Gasteiger partial charge on any atom is 0.357 e. The first-order valence-corrected chi connectivity index (χ1v) is 6.30. The summed E-state index contributed by atoms with van der Waals surface area (Å²) in [5.41, 5.74) is 2.05. The van der Waals surface area contributed by atoms with E-state index in [0.717, 1.165) is 15.7 Å². The number of aryl methyl sites for hydroxylation is 1. The summed E-state index contributed by atoms with van der Waals surface area (Å²) < 4.78 is 6.07. The van der Waals surface area contributed by atoms with Crippen LogP contribution >= 0.6 is 15.9 Å². The van der Waals surface area contributed by atoms with E-state index in [1.54, 1.807) is 12.1 Å². The molecule has 3 nitrogen and oxygen atoms in total. The second-order valence-electron chi connectivity index (χ2n) is 3.83. The first-order valence-electron chi connectivity index (χ1n) is 5.51. The Morgan fingerprint density at radius 3 is 2.61 bits per heavy atom. The van der Waals surface area contributed by atoms with Gasteiger partial charge in [-0.15, -0.1) is 0 Å². The largest absolute Gasteiger partial charge is 0.456 e. The molecule has 0 spiro atoms. The van der Waals surface area contributed by atoms with Crippen LogP contribution < -0.4 is 0 Å². The number of hydrogen-bond acceptors (Lipinski definition) is 3. The molecule has 0 bridgehead atoms. The van der Waals surface area contributed by atoms with Crippen molar-refractivity contribution in [1.29, 1.82) is 0 Å². The van der Waals surface area contributed by atoms with Gasteiger partial charge < -0.3 is 4.74 Å². The Hall–Kier alpha value is -1.68. The molecule has 0 saturated heterocycles. The van der Waals surface area contributed by atoms with E-state index in [1.807, 2.05) is 37.3 Å². The lowest BCUT2D eigenvalue weighted by Gasteiger charge is -2.05. The Balaban J connectivity index is 2.02. The third-order valence-corrected chi connectivity index (χ3v) is 3.28. The molecule has 0 atom stereocenters. The molecule has 0 aliphatic heterocycles. The van der Waals surface area contributed by atoms with E-state index in [0.29, 0.717) is 5.69 Å². The molecule has 2 aromatic rings. The van der Waals surface area contributed by atoms with Crippen LogP contribution in [0.2, 0.25) is 0 Å². The second kappa shape index (κ2) is 5.78. The van der Waals surface area contributed by atoms with Crippen LogP contribution in [0, 0.1) is 6.92 Å². The number of esters is 1. The van der Waals surface area contributed by atoms with Crippen LogP contribution in [0.5, 0.6) is 0 Å². The molecule has 1 aromatic heterocycles. The highest BCUT2D eigenvalue weighted by atomic mass is 79.9. The third kappa shape index (κ3) is 3.17. The van der Waals surface area contributed by atoms with Crippen LogP contribution in [0.15, 0.2) is 46.9 Å². The third-order valence-electron chi connectivity index (χ3n) is 2.44. The summed E-state index contributed by atoms with van der Waals surface area (Å²) >= 11 is 3.34. The van der Waals surface area contributed by atoms with Gasteiger partial charge in [0.15, 0.2) is 0 Å². The standard InChI is InChI=1S/C14H12BrNO2/c1-10-12(15)7-8-13(16-10)14(17)18-9-11-5-3-2-4-6-11/h2-8H,9H2,1H3. The number of aromatic nitrogens is 1. The van der Waals surface area contributed by atoms with Crippen LogP contribution in [-0.2, 0) is 11.3 Å². The van der Waals surface area contributed by atoms with Gasteiger partial charge in [-0.1, -0.05) is 30.3 Å². The topological polar surface area (TPSA) is 39.2 Å². The molecule has 2 rings (SSSR count). The monoisotopic (exact) mass is 305 g/mol. The van der Waals surface area contributed by atoms with E-state index in [4.69, 9.17) is 4.74 Å². The van der Waals surface area contributed by atoms with Crippen molar-refractivity contribution < 1.29 is 9.53 Å². The Bertz CT molecular complexity index is 555. The quantitative estimate of drug-likeness (QED) is 0.815. The molecular formula is C14H12BrNO2. The lowest BCUT2D eigenvalue weighted by Crippen LogP contribution is -2.08. The molecule has 0 N–H and O–H groups in total. The maximum absolute atomic E-state index is 11.8. The Kier molecular flexibility index (Phi) is 4.10. The van der Waals surface area contributed by atoms with Crippen molar-refractivity contribution in [3.63, 3.8) is 0 Å². The van der Waals surface area contributed by atoms with Crippen LogP contribution in [0.1, 0.15) is 21.7 Å². The number of rotatable bonds is 3. The zero-order chi connectivity index (χ0) is 13.0. The fourth-order valence-electron chi connectivity index (χ4n) is 1.45. The molecular weight excluding hydrogens is 294 g/mol. The first-order chi connectivity index (χ1) is 8.66. The highest BCUT2D eigenvalue weighted by Crippen LogP contribution is 2.14. The lowest BCUT2D eigenvalue weighted by molar-refractivity contribution is 0.0465. The normalized spacial score (nSPS) is 10.1. The lowest BCUT2D eigenvalue weighted by atomic mass is 10.2. The molecule has 18 heavy (non-hydrogen) atoms. The molecule has 0 fully saturated rings. The minimum absolute atomic E-state index is 0.260. The van der Waals surface area contributed by atoms with Crippen molar-refractivity contribution >= 4 is 21.9 Å². The summed E-state index contributed by atoms with van der Waals surface area (Å²) in [6.07, 6.45) is 0. The number of nitrogens with zero attached hydrogens (tertiary/aromatic N) is 1. The van der Waals surface area contributed by atoms with E-state index in [9.17, 15) is 4.79 Å². The summed E-state index contributed by atoms with van der Waals surface area (Å²) in [6.45, 7) is 2.09. The minimum atomic E-state index is -0.408. The van der Waals surface area contributed by atoms with Gasteiger partial charge in [0.1, 0.15) is 12.3 Å². The Labute approximate surface area is 114 Å². The van der Waals surface area contributed by atoms with E-state index >= 15 is 0 Å². The molecule has 0 unspecified atom stereocenters. The van der Waals surface area contributed by atoms with Crippen molar-refractivity contribution in [1.82, 2.24) is 4.98 Å². The average molecular weight is 306 g/mol. The summed E-state index contributed by atoms with van der Waals surface area (Å²) in [6, 6.07) is 13.0. The van der Waals surface area contributed by atoms with Gasteiger partial charge >= 0.3 is 5.97 Å². The number of carbonyl (C=O) groups is 1. The Morgan fingerprint density at radius 2 is 1.94 bits per heavy atom. The maximum atomic E-state index is 11.8.